The van der Waals surface area contributed by atoms with Crippen molar-refractivity contribution < 1.29 is 24.1 Å². The number of hydrogen-bond acceptors (Lipinski definition) is 10. The lowest BCUT2D eigenvalue weighted by Crippen LogP contribution is -2.48. The summed E-state index contributed by atoms with van der Waals surface area (Å²) in [6.45, 7) is 3.51. The molecule has 2 aromatic heterocycles. The Morgan fingerprint density at radius 2 is 2.00 bits per heavy atom. The van der Waals surface area contributed by atoms with Crippen LogP contribution in [-0.2, 0) is 20.9 Å². The average Bonchev–Trinajstić information content (AvgIpc) is 3.12. The van der Waals surface area contributed by atoms with Gasteiger partial charge in [-0.25, -0.2) is 9.61 Å². The highest BCUT2D eigenvalue weighted by Crippen LogP contribution is 2.12. The van der Waals surface area contributed by atoms with Gasteiger partial charge in [-0.05, 0) is 27.4 Å². The lowest BCUT2D eigenvalue weighted by Gasteiger charge is -2.23. The van der Waals surface area contributed by atoms with Gasteiger partial charge in [-0.2, -0.15) is 0 Å². The van der Waals surface area contributed by atoms with Crippen LogP contribution in [0.3, 0.4) is 0 Å². The number of anilines is 1. The number of amides is 1. The summed E-state index contributed by atoms with van der Waals surface area (Å²) in [6.07, 6.45) is 2.39. The van der Waals surface area contributed by atoms with E-state index in [0.717, 1.165) is 0 Å². The van der Waals surface area contributed by atoms with Gasteiger partial charge < -0.3 is 20.6 Å². The molecule has 0 radical (unpaired) electrons. The number of rotatable bonds is 12. The molecule has 0 aliphatic heterocycles. The van der Waals surface area contributed by atoms with Gasteiger partial charge in [0.2, 0.25) is 5.91 Å². The summed E-state index contributed by atoms with van der Waals surface area (Å²) < 4.78 is 5.80. The van der Waals surface area contributed by atoms with Crippen LogP contribution in [0.25, 0.3) is 0 Å². The first-order valence-electron chi connectivity index (χ1n) is 9.92. The van der Waals surface area contributed by atoms with Gasteiger partial charge in [0.05, 0.1) is 25.6 Å². The Balaban J connectivity index is 2.21. The predicted octanol–water partition coefficient (Wildman–Crippen LogP) is -0.412. The molecule has 13 heteroatoms. The molecular formula is C19H27N7O6. The number of carboxylic acid groups (broad SMARTS) is 1. The second kappa shape index (κ2) is 11.1. The number of Topliss-reactive ketones (excluding diaryl/α,β-unsaturated/α-hetero) is 1. The van der Waals surface area contributed by atoms with Crippen molar-refractivity contribution in [2.45, 2.75) is 45.3 Å². The first-order valence-corrected chi connectivity index (χ1v) is 9.92. The van der Waals surface area contributed by atoms with E-state index in [-0.39, 0.29) is 25.3 Å². The molecule has 0 bridgehead atoms. The molecule has 13 nitrogen and oxygen atoms in total. The number of aliphatic carboxylic acids is 1. The minimum absolute atomic E-state index is 0.00748. The molecule has 2 aromatic rings. The molecule has 2 atom stereocenters. The van der Waals surface area contributed by atoms with E-state index < -0.39 is 41.7 Å². The topological polar surface area (TPSA) is 173 Å². The zero-order valence-corrected chi connectivity index (χ0v) is 18.4. The van der Waals surface area contributed by atoms with Crippen LogP contribution < -0.4 is 16.2 Å². The minimum Gasteiger partial charge on any atom is -0.481 e. The number of carbonyl (C=O) groups excluding carboxylic acids is 2. The molecular weight excluding hydrogens is 422 g/mol. The Hall–Kier alpha value is -3.61. The molecule has 2 heterocycles. The fourth-order valence-electron chi connectivity index (χ4n) is 2.99. The monoisotopic (exact) mass is 449 g/mol. The summed E-state index contributed by atoms with van der Waals surface area (Å²) >= 11 is 0. The number of ketones is 1. The van der Waals surface area contributed by atoms with Crippen molar-refractivity contribution in [3.63, 3.8) is 0 Å². The summed E-state index contributed by atoms with van der Waals surface area (Å²) in [5.74, 6) is -2.31. The molecule has 0 fully saturated rings. The number of aryl methyl sites for hydroxylation is 1. The zero-order chi connectivity index (χ0) is 23.8. The Kier molecular flexibility index (Phi) is 8.58. The average molecular weight is 449 g/mol. The standard InChI is InChI=1S/C19H27N7O6/c1-5-14(18(30)22-12(8-16(28)29)15(27)10-25(3)4)26-7-6-20-17(19(26)31)21-9-13-11(2)23-32-24-13/h6-7,12,14H,5,8-10H2,1-4H3,(H,20,21)(H,22,30)(H,28,29). The van der Waals surface area contributed by atoms with Crippen LogP contribution in [0, 0.1) is 6.92 Å². The van der Waals surface area contributed by atoms with E-state index in [1.807, 2.05) is 0 Å². The number of nitrogens with one attached hydrogen (secondary N) is 2. The van der Waals surface area contributed by atoms with Gasteiger partial charge in [-0.15, -0.1) is 0 Å². The van der Waals surface area contributed by atoms with Gasteiger partial charge >= 0.3 is 5.97 Å². The summed E-state index contributed by atoms with van der Waals surface area (Å²) in [6, 6.07) is -2.18. The van der Waals surface area contributed by atoms with Gasteiger partial charge in [0.1, 0.15) is 17.4 Å². The number of carboxylic acids is 1. The molecule has 0 spiro atoms. The van der Waals surface area contributed by atoms with Crippen LogP contribution >= 0.6 is 0 Å². The molecule has 174 valence electrons. The van der Waals surface area contributed by atoms with Crippen LogP contribution in [0.2, 0.25) is 0 Å². The molecule has 0 aliphatic rings. The molecule has 0 saturated heterocycles. The predicted molar refractivity (Wildman–Crippen MR) is 112 cm³/mol. The molecule has 0 aromatic carbocycles. The van der Waals surface area contributed by atoms with Crippen molar-refractivity contribution in [1.82, 2.24) is 30.1 Å². The molecule has 0 saturated carbocycles. The van der Waals surface area contributed by atoms with Crippen molar-refractivity contribution in [3.8, 4) is 0 Å². The maximum absolute atomic E-state index is 12.9. The zero-order valence-electron chi connectivity index (χ0n) is 18.4. The largest absolute Gasteiger partial charge is 0.481 e. The van der Waals surface area contributed by atoms with E-state index in [1.54, 1.807) is 32.8 Å². The fourth-order valence-corrected chi connectivity index (χ4v) is 2.99. The van der Waals surface area contributed by atoms with E-state index >= 15 is 0 Å². The van der Waals surface area contributed by atoms with Crippen LogP contribution in [0.4, 0.5) is 5.82 Å². The van der Waals surface area contributed by atoms with E-state index in [4.69, 9.17) is 5.11 Å². The summed E-state index contributed by atoms with van der Waals surface area (Å²) in [5.41, 5.74) is 0.506. The third-order valence-electron chi connectivity index (χ3n) is 4.62. The maximum atomic E-state index is 12.9. The smallest absolute Gasteiger partial charge is 0.305 e. The van der Waals surface area contributed by atoms with Gasteiger partial charge in [0.15, 0.2) is 11.6 Å². The molecule has 3 N–H and O–H groups in total. The maximum Gasteiger partial charge on any atom is 0.305 e. The number of likely N-dealkylation sites (N-methyl/N-ethyl adjacent to an activating group) is 1. The molecule has 1 amide bonds. The van der Waals surface area contributed by atoms with Crippen molar-refractivity contribution >= 4 is 23.5 Å². The Bertz CT molecular complexity index is 1020. The molecule has 2 rings (SSSR count). The van der Waals surface area contributed by atoms with Crippen LogP contribution in [0.1, 0.15) is 37.2 Å². The van der Waals surface area contributed by atoms with E-state index in [9.17, 15) is 19.2 Å². The third kappa shape index (κ3) is 6.44. The lowest BCUT2D eigenvalue weighted by atomic mass is 10.1. The van der Waals surface area contributed by atoms with Gasteiger partial charge in [-0.1, -0.05) is 17.2 Å². The number of nitrogens with zero attached hydrogens (tertiary/aromatic N) is 5. The first kappa shape index (κ1) is 24.7. The lowest BCUT2D eigenvalue weighted by molar-refractivity contribution is -0.140. The normalized spacial score (nSPS) is 12.9. The molecule has 2 unspecified atom stereocenters. The van der Waals surface area contributed by atoms with Crippen molar-refractivity contribution in [2.24, 2.45) is 0 Å². The van der Waals surface area contributed by atoms with Crippen LogP contribution in [-0.4, -0.2) is 74.2 Å². The Morgan fingerprint density at radius 1 is 1.28 bits per heavy atom. The van der Waals surface area contributed by atoms with Crippen LogP contribution in [0.15, 0.2) is 21.8 Å². The third-order valence-corrected chi connectivity index (χ3v) is 4.62. The van der Waals surface area contributed by atoms with E-state index in [1.165, 1.54) is 17.0 Å². The van der Waals surface area contributed by atoms with E-state index in [0.29, 0.717) is 11.4 Å². The fraction of sp³-hybridized carbons (Fsp3) is 0.526. The molecule has 32 heavy (non-hydrogen) atoms. The quantitative estimate of drug-likeness (QED) is 0.384. The van der Waals surface area contributed by atoms with Crippen molar-refractivity contribution in [1.29, 1.82) is 0 Å². The highest BCUT2D eigenvalue weighted by molar-refractivity contribution is 5.93. The summed E-state index contributed by atoms with van der Waals surface area (Å²) in [4.78, 5) is 55.0. The Labute approximate surface area is 183 Å². The second-order valence-corrected chi connectivity index (χ2v) is 7.43. The number of hydrogen-bond donors (Lipinski definition) is 3. The first-order chi connectivity index (χ1) is 15.1. The van der Waals surface area contributed by atoms with Gasteiger partial charge in [-0.3, -0.25) is 23.7 Å². The molecule has 0 aliphatic carbocycles. The number of aromatic nitrogens is 4. The van der Waals surface area contributed by atoms with E-state index in [2.05, 4.69) is 30.6 Å². The SMILES string of the molecule is CCC(C(=O)NC(CC(=O)O)C(=O)CN(C)C)n1ccnc(NCc2nonc2C)c1=O. The highest BCUT2D eigenvalue weighted by atomic mass is 16.6. The van der Waals surface area contributed by atoms with Crippen molar-refractivity contribution in [3.05, 3.63) is 34.1 Å². The van der Waals surface area contributed by atoms with Crippen molar-refractivity contribution in [2.75, 3.05) is 26.0 Å². The Morgan fingerprint density at radius 3 is 2.56 bits per heavy atom. The van der Waals surface area contributed by atoms with Gasteiger partial charge in [0.25, 0.3) is 5.56 Å². The van der Waals surface area contributed by atoms with Crippen LogP contribution in [0.5, 0.6) is 0 Å². The highest BCUT2D eigenvalue weighted by Gasteiger charge is 2.28. The second-order valence-electron chi connectivity index (χ2n) is 7.43. The summed E-state index contributed by atoms with van der Waals surface area (Å²) in [5, 5.41) is 21.8. The van der Waals surface area contributed by atoms with Gasteiger partial charge in [0, 0.05) is 12.4 Å². The number of carbonyl (C=O) groups is 3. The summed E-state index contributed by atoms with van der Waals surface area (Å²) in [7, 11) is 3.32. The minimum atomic E-state index is -1.22.